The number of fused-ring (bicyclic) bond motifs is 7. The first-order chi connectivity index (χ1) is 13.5. The van der Waals surface area contributed by atoms with Crippen molar-refractivity contribution in [1.29, 1.82) is 0 Å². The van der Waals surface area contributed by atoms with E-state index in [1.165, 1.54) is 73.4 Å². The number of aryl methyl sites for hydroxylation is 4. The van der Waals surface area contributed by atoms with Gasteiger partial charge in [-0.05, 0) is 95.8 Å². The normalized spacial score (nSPS) is 12.3. The van der Waals surface area contributed by atoms with Crippen LogP contribution < -0.4 is 0 Å². The summed E-state index contributed by atoms with van der Waals surface area (Å²) in [5.74, 6) is 0. The van der Waals surface area contributed by atoms with E-state index in [0.717, 1.165) is 0 Å². The minimum Gasteiger partial charge on any atom is -0.134 e. The van der Waals surface area contributed by atoms with Crippen LogP contribution in [0.1, 0.15) is 22.3 Å². The van der Waals surface area contributed by atoms with Crippen molar-refractivity contribution in [3.8, 4) is 0 Å². The summed E-state index contributed by atoms with van der Waals surface area (Å²) >= 11 is 3.90. The lowest BCUT2D eigenvalue weighted by atomic mass is 10.0. The van der Waals surface area contributed by atoms with Crippen LogP contribution in [0.25, 0.3) is 51.1 Å². The number of hydrogen-bond donors (Lipinski definition) is 0. The molecule has 6 aromatic rings. The number of thiophene rings is 2. The van der Waals surface area contributed by atoms with Crippen LogP contribution >= 0.6 is 22.7 Å². The van der Waals surface area contributed by atoms with Crippen molar-refractivity contribution in [2.75, 3.05) is 0 Å². The molecule has 0 nitrogen and oxygen atoms in total. The molecule has 0 aliphatic rings. The van der Waals surface area contributed by atoms with Crippen LogP contribution in [0, 0.1) is 27.7 Å². The topological polar surface area (TPSA) is 0 Å². The highest BCUT2D eigenvalue weighted by Crippen LogP contribution is 2.46. The van der Waals surface area contributed by atoms with Gasteiger partial charge in [-0.15, -0.1) is 22.7 Å². The van der Waals surface area contributed by atoms with Crippen molar-refractivity contribution >= 4 is 73.8 Å². The van der Waals surface area contributed by atoms with Gasteiger partial charge in [0, 0.05) is 20.2 Å². The summed E-state index contributed by atoms with van der Waals surface area (Å²) in [7, 11) is 0. The summed E-state index contributed by atoms with van der Waals surface area (Å²) in [6.45, 7) is 8.82. The first-order valence-electron chi connectivity index (χ1n) is 9.69. The Balaban J connectivity index is 1.73. The lowest BCUT2D eigenvalue weighted by Gasteiger charge is -2.05. The fourth-order valence-electron chi connectivity index (χ4n) is 4.30. The molecule has 2 heteroatoms. The minimum atomic E-state index is 1.35. The molecule has 0 saturated carbocycles. The van der Waals surface area contributed by atoms with Gasteiger partial charge in [-0.25, -0.2) is 0 Å². The van der Waals surface area contributed by atoms with Crippen LogP contribution in [0.3, 0.4) is 0 Å². The maximum Gasteiger partial charge on any atom is 0.0542 e. The number of rotatable bonds is 0. The second-order valence-electron chi connectivity index (χ2n) is 8.13. The van der Waals surface area contributed by atoms with E-state index in [1.807, 2.05) is 22.7 Å². The zero-order valence-corrected chi connectivity index (χ0v) is 18.1. The van der Waals surface area contributed by atoms with Crippen LogP contribution in [0.4, 0.5) is 0 Å². The van der Waals surface area contributed by atoms with E-state index in [9.17, 15) is 0 Å². The monoisotopic (exact) mass is 396 g/mol. The Labute approximate surface area is 172 Å². The van der Waals surface area contributed by atoms with Gasteiger partial charge in [-0.1, -0.05) is 24.3 Å². The Morgan fingerprint density at radius 3 is 1.11 bits per heavy atom. The fourth-order valence-corrected chi connectivity index (χ4v) is 7.00. The Morgan fingerprint density at radius 1 is 0.429 bits per heavy atom. The van der Waals surface area contributed by atoms with Crippen LogP contribution in [0.15, 0.2) is 48.5 Å². The molecule has 0 amide bonds. The predicted molar refractivity (Wildman–Crippen MR) is 129 cm³/mol. The first kappa shape index (κ1) is 16.5. The standard InChI is InChI=1S/C26H20S2/c1-13-5-17-9-21-23(11-19(17)7-15(13)3)27-26-22-10-18-6-14(2)16(4)8-20(18)12-24(22)28-25(21)26/h5-12H,1-4H3. The van der Waals surface area contributed by atoms with E-state index in [4.69, 9.17) is 0 Å². The van der Waals surface area contributed by atoms with E-state index >= 15 is 0 Å². The molecule has 6 rings (SSSR count). The number of benzene rings is 4. The zero-order valence-electron chi connectivity index (χ0n) is 16.4. The highest BCUT2D eigenvalue weighted by atomic mass is 32.1. The quantitative estimate of drug-likeness (QED) is 0.240. The molecule has 0 fully saturated rings. The molecule has 2 heterocycles. The van der Waals surface area contributed by atoms with Crippen molar-refractivity contribution in [3.05, 3.63) is 70.8 Å². The summed E-state index contributed by atoms with van der Waals surface area (Å²) in [6, 6.07) is 18.9. The molecular weight excluding hydrogens is 376 g/mol. The molecule has 2 aromatic heterocycles. The Morgan fingerprint density at radius 2 is 0.750 bits per heavy atom. The Kier molecular flexibility index (Phi) is 3.28. The Hall–Kier alpha value is -2.42. The van der Waals surface area contributed by atoms with E-state index in [2.05, 4.69) is 76.2 Å². The third kappa shape index (κ3) is 2.22. The van der Waals surface area contributed by atoms with Gasteiger partial charge in [0.15, 0.2) is 0 Å². The van der Waals surface area contributed by atoms with Crippen molar-refractivity contribution < 1.29 is 0 Å². The van der Waals surface area contributed by atoms with E-state index in [1.54, 1.807) is 0 Å². The van der Waals surface area contributed by atoms with Crippen LogP contribution in [0.2, 0.25) is 0 Å². The van der Waals surface area contributed by atoms with Gasteiger partial charge in [0.05, 0.1) is 9.40 Å². The molecule has 0 bridgehead atoms. The maximum absolute atomic E-state index is 2.40. The molecule has 0 radical (unpaired) electrons. The van der Waals surface area contributed by atoms with Crippen LogP contribution in [-0.4, -0.2) is 0 Å². The molecule has 136 valence electrons. The van der Waals surface area contributed by atoms with Gasteiger partial charge in [-0.3, -0.25) is 0 Å². The molecule has 0 saturated heterocycles. The smallest absolute Gasteiger partial charge is 0.0542 e. The molecule has 0 aliphatic heterocycles. The summed E-state index contributed by atoms with van der Waals surface area (Å²) in [5.41, 5.74) is 5.47. The molecule has 0 atom stereocenters. The highest BCUT2D eigenvalue weighted by molar-refractivity contribution is 7.36. The van der Waals surface area contributed by atoms with Gasteiger partial charge in [0.25, 0.3) is 0 Å². The average molecular weight is 397 g/mol. The second-order valence-corrected chi connectivity index (χ2v) is 10.2. The van der Waals surface area contributed by atoms with Gasteiger partial charge in [0.1, 0.15) is 0 Å². The first-order valence-corrected chi connectivity index (χ1v) is 11.3. The zero-order chi connectivity index (χ0) is 19.2. The largest absolute Gasteiger partial charge is 0.134 e. The molecule has 0 unspecified atom stereocenters. The van der Waals surface area contributed by atoms with Crippen LogP contribution in [0.5, 0.6) is 0 Å². The second kappa shape index (κ2) is 5.56. The van der Waals surface area contributed by atoms with Gasteiger partial charge >= 0.3 is 0 Å². The van der Waals surface area contributed by atoms with E-state index in [0.29, 0.717) is 0 Å². The molecule has 28 heavy (non-hydrogen) atoms. The predicted octanol–water partition coefficient (Wildman–Crippen LogP) is 8.81. The summed E-state index contributed by atoms with van der Waals surface area (Å²) < 4.78 is 5.69. The van der Waals surface area contributed by atoms with Crippen molar-refractivity contribution in [3.63, 3.8) is 0 Å². The highest BCUT2D eigenvalue weighted by Gasteiger charge is 2.14. The molecule has 4 aromatic carbocycles. The summed E-state index contributed by atoms with van der Waals surface area (Å²) in [4.78, 5) is 0. The average Bonchev–Trinajstić information content (AvgIpc) is 3.16. The van der Waals surface area contributed by atoms with Crippen molar-refractivity contribution in [2.45, 2.75) is 27.7 Å². The van der Waals surface area contributed by atoms with Crippen LogP contribution in [-0.2, 0) is 0 Å². The maximum atomic E-state index is 2.40. The molecular formula is C26H20S2. The van der Waals surface area contributed by atoms with E-state index in [-0.39, 0.29) is 0 Å². The third-order valence-electron chi connectivity index (χ3n) is 6.22. The minimum absolute atomic E-state index is 1.35. The Bertz CT molecular complexity index is 1470. The summed E-state index contributed by atoms with van der Waals surface area (Å²) in [6.07, 6.45) is 0. The van der Waals surface area contributed by atoms with E-state index < -0.39 is 0 Å². The van der Waals surface area contributed by atoms with Gasteiger partial charge in [-0.2, -0.15) is 0 Å². The third-order valence-corrected chi connectivity index (χ3v) is 8.72. The van der Waals surface area contributed by atoms with Gasteiger partial charge < -0.3 is 0 Å². The lowest BCUT2D eigenvalue weighted by molar-refractivity contribution is 1.37. The summed E-state index contributed by atoms with van der Waals surface area (Å²) in [5, 5.41) is 8.23. The molecule has 0 spiro atoms. The van der Waals surface area contributed by atoms with Crippen molar-refractivity contribution in [2.24, 2.45) is 0 Å². The molecule has 0 N–H and O–H groups in total. The SMILES string of the molecule is Cc1cc2cc3sc4c5cc6cc(C)c(C)cc6cc5sc4c3cc2cc1C. The van der Waals surface area contributed by atoms with Crippen molar-refractivity contribution in [1.82, 2.24) is 0 Å². The van der Waals surface area contributed by atoms with Gasteiger partial charge in [0.2, 0.25) is 0 Å². The number of hydrogen-bond acceptors (Lipinski definition) is 2. The fraction of sp³-hybridized carbons (Fsp3) is 0.154. The molecule has 0 aliphatic carbocycles. The lowest BCUT2D eigenvalue weighted by Crippen LogP contribution is -1.81.